The van der Waals surface area contributed by atoms with Crippen molar-refractivity contribution in [2.45, 2.75) is 6.42 Å². The molecule has 94 valence electrons. The van der Waals surface area contributed by atoms with Crippen LogP contribution in [0.4, 0.5) is 5.69 Å². The van der Waals surface area contributed by atoms with Crippen molar-refractivity contribution in [3.63, 3.8) is 0 Å². The third-order valence-electron chi connectivity index (χ3n) is 2.47. The second kappa shape index (κ2) is 5.55. The number of hydrogen-bond donors (Lipinski definition) is 3. The molecule has 0 saturated carbocycles. The van der Waals surface area contributed by atoms with E-state index in [2.05, 4.69) is 15.3 Å². The van der Waals surface area contributed by atoms with Crippen molar-refractivity contribution in [2.24, 2.45) is 0 Å². The molecule has 0 aliphatic heterocycles. The number of nitrogens with two attached hydrogens (primary N) is 1. The number of aromatic amines is 1. The van der Waals surface area contributed by atoms with Gasteiger partial charge in [-0.2, -0.15) is 0 Å². The van der Waals surface area contributed by atoms with Crippen molar-refractivity contribution in [1.82, 2.24) is 15.3 Å². The minimum absolute atomic E-state index is 0.230. The topological polar surface area (TPSA) is 83.8 Å². The summed E-state index contributed by atoms with van der Waals surface area (Å²) < 4.78 is 0. The van der Waals surface area contributed by atoms with Crippen molar-refractivity contribution >= 4 is 23.2 Å². The standard InChI is InChI=1S/C12H13ClN4O/c13-11-2-1-8(14)5-10(11)12(18)16-4-3-9-6-15-7-17-9/h1-2,5-7H,3-4,14H2,(H,15,17)(H,16,18). The number of aromatic nitrogens is 2. The first kappa shape index (κ1) is 12.4. The van der Waals surface area contributed by atoms with E-state index in [1.54, 1.807) is 30.7 Å². The quantitative estimate of drug-likeness (QED) is 0.734. The van der Waals surface area contributed by atoms with Gasteiger partial charge in [-0.3, -0.25) is 4.79 Å². The van der Waals surface area contributed by atoms with Gasteiger partial charge in [0.25, 0.3) is 5.91 Å². The second-order valence-corrected chi connectivity index (χ2v) is 4.23. The lowest BCUT2D eigenvalue weighted by molar-refractivity contribution is 0.0954. The summed E-state index contributed by atoms with van der Waals surface area (Å²) in [5, 5.41) is 3.17. The highest BCUT2D eigenvalue weighted by Crippen LogP contribution is 2.18. The van der Waals surface area contributed by atoms with E-state index in [0.29, 0.717) is 29.2 Å². The van der Waals surface area contributed by atoms with Gasteiger partial charge < -0.3 is 16.0 Å². The fourth-order valence-corrected chi connectivity index (χ4v) is 1.75. The number of benzene rings is 1. The van der Waals surface area contributed by atoms with Gasteiger partial charge in [-0.1, -0.05) is 11.6 Å². The monoisotopic (exact) mass is 264 g/mol. The van der Waals surface area contributed by atoms with Crippen LogP contribution in [0, 0.1) is 0 Å². The summed E-state index contributed by atoms with van der Waals surface area (Å²) in [6, 6.07) is 4.83. The summed E-state index contributed by atoms with van der Waals surface area (Å²) in [5.41, 5.74) is 7.49. The van der Waals surface area contributed by atoms with Gasteiger partial charge in [0.05, 0.1) is 16.9 Å². The summed E-state index contributed by atoms with van der Waals surface area (Å²) in [6.07, 6.45) is 4.01. The molecule has 0 bridgehead atoms. The van der Waals surface area contributed by atoms with Crippen LogP contribution in [0.5, 0.6) is 0 Å². The molecule has 0 aliphatic rings. The molecule has 6 heteroatoms. The van der Waals surface area contributed by atoms with Gasteiger partial charge >= 0.3 is 0 Å². The summed E-state index contributed by atoms with van der Waals surface area (Å²) in [4.78, 5) is 18.7. The van der Waals surface area contributed by atoms with Crippen LogP contribution in [0.25, 0.3) is 0 Å². The Labute approximate surface area is 109 Å². The predicted octanol–water partition coefficient (Wildman–Crippen LogP) is 1.62. The molecule has 4 N–H and O–H groups in total. The van der Waals surface area contributed by atoms with Gasteiger partial charge in [-0.05, 0) is 18.2 Å². The zero-order valence-electron chi connectivity index (χ0n) is 9.61. The minimum Gasteiger partial charge on any atom is -0.399 e. The SMILES string of the molecule is Nc1ccc(Cl)c(C(=O)NCCc2cnc[nH]2)c1. The van der Waals surface area contributed by atoms with Gasteiger partial charge in [0, 0.05) is 30.5 Å². The van der Waals surface area contributed by atoms with Crippen LogP contribution >= 0.6 is 11.6 Å². The summed E-state index contributed by atoms with van der Waals surface area (Å²) in [6.45, 7) is 0.506. The van der Waals surface area contributed by atoms with E-state index >= 15 is 0 Å². The number of amides is 1. The van der Waals surface area contributed by atoms with E-state index in [4.69, 9.17) is 17.3 Å². The molecule has 1 aromatic carbocycles. The predicted molar refractivity (Wildman–Crippen MR) is 70.5 cm³/mol. The summed E-state index contributed by atoms with van der Waals surface area (Å²) in [5.74, 6) is -0.230. The molecular formula is C12H13ClN4O. The van der Waals surface area contributed by atoms with E-state index in [0.717, 1.165) is 5.69 Å². The summed E-state index contributed by atoms with van der Waals surface area (Å²) in [7, 11) is 0. The zero-order chi connectivity index (χ0) is 13.0. The number of rotatable bonds is 4. The van der Waals surface area contributed by atoms with Crippen LogP contribution in [-0.2, 0) is 6.42 Å². The Morgan fingerprint density at radius 2 is 2.33 bits per heavy atom. The highest BCUT2D eigenvalue weighted by atomic mass is 35.5. The Balaban J connectivity index is 1.93. The second-order valence-electron chi connectivity index (χ2n) is 3.82. The fraction of sp³-hybridized carbons (Fsp3) is 0.167. The zero-order valence-corrected chi connectivity index (χ0v) is 10.4. The largest absolute Gasteiger partial charge is 0.399 e. The molecule has 18 heavy (non-hydrogen) atoms. The molecule has 0 unspecified atom stereocenters. The molecule has 1 heterocycles. The van der Waals surface area contributed by atoms with Crippen molar-refractivity contribution in [1.29, 1.82) is 0 Å². The van der Waals surface area contributed by atoms with Crippen molar-refractivity contribution < 1.29 is 4.79 Å². The molecule has 5 nitrogen and oxygen atoms in total. The molecule has 1 amide bonds. The van der Waals surface area contributed by atoms with E-state index < -0.39 is 0 Å². The third-order valence-corrected chi connectivity index (χ3v) is 2.80. The Bertz CT molecular complexity index is 539. The maximum absolute atomic E-state index is 11.9. The number of nitrogens with one attached hydrogen (secondary N) is 2. The van der Waals surface area contributed by atoms with Crippen LogP contribution in [-0.4, -0.2) is 22.4 Å². The average Bonchev–Trinajstić information content (AvgIpc) is 2.85. The highest BCUT2D eigenvalue weighted by molar-refractivity contribution is 6.34. The maximum Gasteiger partial charge on any atom is 0.252 e. The number of carbonyl (C=O) groups is 1. The Hall–Kier alpha value is -2.01. The van der Waals surface area contributed by atoms with Gasteiger partial charge in [0.2, 0.25) is 0 Å². The number of carbonyl (C=O) groups excluding carboxylic acids is 1. The van der Waals surface area contributed by atoms with Gasteiger partial charge in [-0.15, -0.1) is 0 Å². The lowest BCUT2D eigenvalue weighted by Gasteiger charge is -2.06. The molecule has 0 aliphatic carbocycles. The first-order valence-corrected chi connectivity index (χ1v) is 5.85. The molecule has 0 spiro atoms. The molecule has 1 aromatic heterocycles. The molecular weight excluding hydrogens is 252 g/mol. The Kier molecular flexibility index (Phi) is 3.84. The Morgan fingerprint density at radius 1 is 1.50 bits per heavy atom. The third kappa shape index (κ3) is 3.01. The Morgan fingerprint density at radius 3 is 3.06 bits per heavy atom. The van der Waals surface area contributed by atoms with E-state index in [-0.39, 0.29) is 5.91 Å². The number of H-pyrrole nitrogens is 1. The first-order chi connectivity index (χ1) is 8.66. The van der Waals surface area contributed by atoms with Gasteiger partial charge in [-0.25, -0.2) is 4.98 Å². The smallest absolute Gasteiger partial charge is 0.252 e. The molecule has 0 saturated heterocycles. The number of imidazole rings is 1. The van der Waals surface area contributed by atoms with Crippen LogP contribution in [0.1, 0.15) is 16.1 Å². The molecule has 2 rings (SSSR count). The maximum atomic E-state index is 11.9. The molecule has 0 radical (unpaired) electrons. The fourth-order valence-electron chi connectivity index (χ4n) is 1.54. The number of anilines is 1. The van der Waals surface area contributed by atoms with E-state index in [1.165, 1.54) is 0 Å². The van der Waals surface area contributed by atoms with Crippen LogP contribution in [0.15, 0.2) is 30.7 Å². The number of hydrogen-bond acceptors (Lipinski definition) is 3. The molecule has 0 atom stereocenters. The number of nitrogens with zero attached hydrogens (tertiary/aromatic N) is 1. The van der Waals surface area contributed by atoms with Crippen molar-refractivity contribution in [3.05, 3.63) is 47.0 Å². The van der Waals surface area contributed by atoms with Crippen molar-refractivity contribution in [3.8, 4) is 0 Å². The van der Waals surface area contributed by atoms with Crippen LogP contribution in [0.3, 0.4) is 0 Å². The highest BCUT2D eigenvalue weighted by Gasteiger charge is 2.10. The molecule has 0 fully saturated rings. The van der Waals surface area contributed by atoms with Crippen LogP contribution < -0.4 is 11.1 Å². The van der Waals surface area contributed by atoms with E-state index in [1.807, 2.05) is 0 Å². The average molecular weight is 265 g/mol. The number of nitrogen functional groups attached to an aromatic ring is 1. The first-order valence-electron chi connectivity index (χ1n) is 5.47. The molecule has 2 aromatic rings. The van der Waals surface area contributed by atoms with Crippen molar-refractivity contribution in [2.75, 3.05) is 12.3 Å². The van der Waals surface area contributed by atoms with E-state index in [9.17, 15) is 4.79 Å². The van der Waals surface area contributed by atoms with Crippen LogP contribution in [0.2, 0.25) is 5.02 Å². The minimum atomic E-state index is -0.230. The lowest BCUT2D eigenvalue weighted by atomic mass is 10.2. The van der Waals surface area contributed by atoms with Gasteiger partial charge in [0.1, 0.15) is 0 Å². The normalized spacial score (nSPS) is 10.3. The lowest BCUT2D eigenvalue weighted by Crippen LogP contribution is -2.26. The van der Waals surface area contributed by atoms with Gasteiger partial charge in [0.15, 0.2) is 0 Å². The summed E-state index contributed by atoms with van der Waals surface area (Å²) >= 11 is 5.94. The number of halogens is 1.